The van der Waals surface area contributed by atoms with Gasteiger partial charge in [-0.25, -0.2) is 0 Å². The fraction of sp³-hybridized carbons (Fsp3) is 0.400. The maximum atomic E-state index is 4.58. The van der Waals surface area contributed by atoms with Gasteiger partial charge in [-0.1, -0.05) is 5.16 Å². The summed E-state index contributed by atoms with van der Waals surface area (Å²) in [6.07, 6.45) is 1.55. The van der Waals surface area contributed by atoms with Gasteiger partial charge >= 0.3 is 0 Å². The van der Waals surface area contributed by atoms with E-state index in [9.17, 15) is 0 Å². The van der Waals surface area contributed by atoms with Gasteiger partial charge in [0, 0.05) is 20.2 Å². The number of hydrogen-bond donors (Lipinski definition) is 0. The molecule has 0 unspecified atom stereocenters. The molecule has 1 heterocycles. The van der Waals surface area contributed by atoms with Gasteiger partial charge in [0.05, 0.1) is 0 Å². The van der Waals surface area contributed by atoms with Crippen molar-refractivity contribution >= 4 is 5.82 Å². The lowest BCUT2D eigenvalue weighted by Gasteiger charge is -2.03. The molecule has 1 aromatic rings. The van der Waals surface area contributed by atoms with E-state index < -0.39 is 0 Å². The molecule has 0 atom stereocenters. The maximum Gasteiger partial charge on any atom is 0.171 e. The summed E-state index contributed by atoms with van der Waals surface area (Å²) in [6, 6.07) is 1.81. The lowest BCUT2D eigenvalue weighted by Crippen LogP contribution is -2.08. The normalized spacial score (nSPS) is 9.25. The molecule has 3 heteroatoms. The summed E-state index contributed by atoms with van der Waals surface area (Å²) in [5.41, 5.74) is 0. The Labute approximate surface area is 47.9 Å². The first-order valence-electron chi connectivity index (χ1n) is 2.38. The van der Waals surface area contributed by atoms with Gasteiger partial charge in [0.25, 0.3) is 0 Å². The summed E-state index contributed by atoms with van der Waals surface area (Å²) >= 11 is 0. The van der Waals surface area contributed by atoms with Crippen LogP contribution in [0.25, 0.3) is 0 Å². The highest BCUT2D eigenvalue weighted by atomic mass is 16.5. The Kier molecular flexibility index (Phi) is 1.20. The van der Waals surface area contributed by atoms with Crippen LogP contribution in [0.2, 0.25) is 0 Å². The summed E-state index contributed by atoms with van der Waals surface area (Å²) in [7, 11) is 3.83. The topological polar surface area (TPSA) is 29.3 Å². The van der Waals surface area contributed by atoms with E-state index in [1.165, 1.54) is 0 Å². The standard InChI is InChI=1S/C5H8N2O/c1-7(2)5-3-4-8-6-5/h3-4H,1-2H3. The Morgan fingerprint density at radius 2 is 2.38 bits per heavy atom. The van der Waals surface area contributed by atoms with Gasteiger partial charge in [-0.15, -0.1) is 0 Å². The van der Waals surface area contributed by atoms with Gasteiger partial charge in [0.15, 0.2) is 5.82 Å². The molecular weight excluding hydrogens is 104 g/mol. The number of aromatic nitrogens is 1. The molecule has 0 bridgehead atoms. The molecular formula is C5H8N2O. The zero-order chi connectivity index (χ0) is 5.98. The number of rotatable bonds is 1. The van der Waals surface area contributed by atoms with Gasteiger partial charge in [-0.05, 0) is 0 Å². The molecule has 0 spiro atoms. The molecule has 0 amide bonds. The molecule has 8 heavy (non-hydrogen) atoms. The van der Waals surface area contributed by atoms with Gasteiger partial charge in [-0.2, -0.15) is 0 Å². The predicted octanol–water partition coefficient (Wildman–Crippen LogP) is 0.741. The second kappa shape index (κ2) is 1.86. The highest BCUT2D eigenvalue weighted by molar-refractivity contribution is 5.32. The van der Waals surface area contributed by atoms with E-state index in [0.29, 0.717) is 0 Å². The molecule has 0 saturated heterocycles. The third-order valence-electron chi connectivity index (χ3n) is 0.882. The van der Waals surface area contributed by atoms with Crippen LogP contribution in [-0.2, 0) is 0 Å². The number of hydrogen-bond acceptors (Lipinski definition) is 3. The minimum atomic E-state index is 0.852. The van der Waals surface area contributed by atoms with Crippen molar-refractivity contribution in [3.05, 3.63) is 12.3 Å². The molecule has 0 fully saturated rings. The van der Waals surface area contributed by atoms with Crippen LogP contribution in [0.1, 0.15) is 0 Å². The summed E-state index contributed by atoms with van der Waals surface area (Å²) < 4.78 is 4.58. The van der Waals surface area contributed by atoms with Crippen molar-refractivity contribution in [2.24, 2.45) is 0 Å². The van der Waals surface area contributed by atoms with Crippen LogP contribution < -0.4 is 4.90 Å². The summed E-state index contributed by atoms with van der Waals surface area (Å²) in [5, 5.41) is 3.67. The smallest absolute Gasteiger partial charge is 0.171 e. The van der Waals surface area contributed by atoms with E-state index in [-0.39, 0.29) is 0 Å². The first-order valence-corrected chi connectivity index (χ1v) is 2.38. The molecule has 44 valence electrons. The average Bonchev–Trinajstić information content (AvgIpc) is 2.12. The zero-order valence-corrected chi connectivity index (χ0v) is 4.96. The predicted molar refractivity (Wildman–Crippen MR) is 30.8 cm³/mol. The SMILES string of the molecule is CN(C)c1ccon1. The van der Waals surface area contributed by atoms with Crippen LogP contribution in [0, 0.1) is 0 Å². The lowest BCUT2D eigenvalue weighted by molar-refractivity contribution is 0.420. The first-order chi connectivity index (χ1) is 3.80. The molecule has 1 aromatic heterocycles. The van der Waals surface area contributed by atoms with Crippen LogP contribution in [0.4, 0.5) is 5.82 Å². The van der Waals surface area contributed by atoms with Crippen LogP contribution in [-0.4, -0.2) is 19.3 Å². The van der Waals surface area contributed by atoms with Crippen LogP contribution in [0.5, 0.6) is 0 Å². The van der Waals surface area contributed by atoms with Crippen molar-refractivity contribution in [1.82, 2.24) is 5.16 Å². The van der Waals surface area contributed by atoms with E-state index >= 15 is 0 Å². The Balaban J connectivity index is 2.77. The molecule has 1 rings (SSSR count). The first kappa shape index (κ1) is 5.15. The summed E-state index contributed by atoms with van der Waals surface area (Å²) in [5.74, 6) is 0.852. The fourth-order valence-corrected chi connectivity index (χ4v) is 0.437. The Morgan fingerprint density at radius 3 is 2.62 bits per heavy atom. The molecule has 0 aromatic carbocycles. The Hall–Kier alpha value is -0.990. The number of nitrogens with zero attached hydrogens (tertiary/aromatic N) is 2. The van der Waals surface area contributed by atoms with E-state index in [1.807, 2.05) is 19.0 Å². The maximum absolute atomic E-state index is 4.58. The van der Waals surface area contributed by atoms with Crippen LogP contribution >= 0.6 is 0 Å². The van der Waals surface area contributed by atoms with Gasteiger partial charge in [0.2, 0.25) is 0 Å². The Bertz CT molecular complexity index is 145. The fourth-order valence-electron chi connectivity index (χ4n) is 0.437. The second-order valence-corrected chi connectivity index (χ2v) is 1.75. The van der Waals surface area contributed by atoms with Crippen molar-refractivity contribution in [1.29, 1.82) is 0 Å². The van der Waals surface area contributed by atoms with E-state index in [2.05, 4.69) is 9.68 Å². The van der Waals surface area contributed by atoms with E-state index in [1.54, 1.807) is 12.3 Å². The van der Waals surface area contributed by atoms with Crippen LogP contribution in [0.15, 0.2) is 16.9 Å². The molecule has 0 N–H and O–H groups in total. The molecule has 3 nitrogen and oxygen atoms in total. The molecule has 0 aliphatic rings. The van der Waals surface area contributed by atoms with Crippen molar-refractivity contribution < 1.29 is 4.52 Å². The van der Waals surface area contributed by atoms with E-state index in [4.69, 9.17) is 0 Å². The highest BCUT2D eigenvalue weighted by Gasteiger charge is 1.93. The van der Waals surface area contributed by atoms with Gasteiger partial charge in [0.1, 0.15) is 6.26 Å². The average molecular weight is 112 g/mol. The van der Waals surface area contributed by atoms with Crippen molar-refractivity contribution in [2.45, 2.75) is 0 Å². The molecule has 0 radical (unpaired) electrons. The molecule has 0 aliphatic heterocycles. The minimum absolute atomic E-state index is 0.852. The van der Waals surface area contributed by atoms with Crippen molar-refractivity contribution in [3.63, 3.8) is 0 Å². The van der Waals surface area contributed by atoms with Gasteiger partial charge in [-0.3, -0.25) is 0 Å². The van der Waals surface area contributed by atoms with Crippen molar-refractivity contribution in [3.8, 4) is 0 Å². The van der Waals surface area contributed by atoms with Crippen LogP contribution in [0.3, 0.4) is 0 Å². The van der Waals surface area contributed by atoms with E-state index in [0.717, 1.165) is 5.82 Å². The third-order valence-corrected chi connectivity index (χ3v) is 0.882. The second-order valence-electron chi connectivity index (χ2n) is 1.75. The zero-order valence-electron chi connectivity index (χ0n) is 4.96. The minimum Gasteiger partial charge on any atom is -0.363 e. The highest BCUT2D eigenvalue weighted by Crippen LogP contribution is 2.03. The van der Waals surface area contributed by atoms with Gasteiger partial charge < -0.3 is 9.42 Å². The monoisotopic (exact) mass is 112 g/mol. The molecule has 0 aliphatic carbocycles. The summed E-state index contributed by atoms with van der Waals surface area (Å²) in [4.78, 5) is 1.88. The largest absolute Gasteiger partial charge is 0.363 e. The molecule has 0 saturated carbocycles. The lowest BCUT2D eigenvalue weighted by atomic mass is 10.6. The number of anilines is 1. The van der Waals surface area contributed by atoms with Crippen molar-refractivity contribution in [2.75, 3.05) is 19.0 Å². The Morgan fingerprint density at radius 1 is 1.62 bits per heavy atom. The summed E-state index contributed by atoms with van der Waals surface area (Å²) in [6.45, 7) is 0. The quantitative estimate of drug-likeness (QED) is 0.536. The third kappa shape index (κ3) is 0.804.